The molecule has 0 saturated heterocycles. The molecule has 0 fully saturated rings. The first-order chi connectivity index (χ1) is 13.6. The minimum Gasteiger partial charge on any atom is -0.506 e. The number of hydrogen-bond acceptors (Lipinski definition) is 5. The van der Waals surface area contributed by atoms with E-state index in [2.05, 4.69) is 4.98 Å². The van der Waals surface area contributed by atoms with E-state index in [9.17, 15) is 14.7 Å². The molecule has 5 nitrogen and oxygen atoms in total. The van der Waals surface area contributed by atoms with Gasteiger partial charge in [0.05, 0.1) is 18.7 Å². The number of carbonyl (C=O) groups excluding carboxylic acids is 2. The highest BCUT2D eigenvalue weighted by Gasteiger charge is 2.16. The van der Waals surface area contributed by atoms with Crippen LogP contribution in [0.3, 0.4) is 0 Å². The maximum Gasteiger partial charge on any atom is 0.306 e. The van der Waals surface area contributed by atoms with Gasteiger partial charge < -0.3 is 9.84 Å². The smallest absolute Gasteiger partial charge is 0.306 e. The van der Waals surface area contributed by atoms with Crippen molar-refractivity contribution in [1.82, 2.24) is 4.98 Å². The van der Waals surface area contributed by atoms with E-state index in [-0.39, 0.29) is 30.9 Å². The Morgan fingerprint density at radius 1 is 0.857 bits per heavy atom. The van der Waals surface area contributed by atoms with Crippen molar-refractivity contribution in [3.63, 3.8) is 0 Å². The van der Waals surface area contributed by atoms with Gasteiger partial charge in [0.15, 0.2) is 5.78 Å². The zero-order valence-corrected chi connectivity index (χ0v) is 15.6. The zero-order chi connectivity index (χ0) is 19.9. The van der Waals surface area contributed by atoms with Crippen LogP contribution in [0.15, 0.2) is 66.7 Å². The summed E-state index contributed by atoms with van der Waals surface area (Å²) in [4.78, 5) is 28.1. The van der Waals surface area contributed by atoms with E-state index in [0.717, 1.165) is 16.7 Å². The molecular weight excluding hydrogens is 354 g/mol. The molecule has 0 unspecified atom stereocenters. The van der Waals surface area contributed by atoms with E-state index >= 15 is 0 Å². The normalized spacial score (nSPS) is 10.5. The van der Waals surface area contributed by atoms with E-state index in [4.69, 9.17) is 4.74 Å². The van der Waals surface area contributed by atoms with Gasteiger partial charge in [0.2, 0.25) is 0 Å². The lowest BCUT2D eigenvalue weighted by Crippen LogP contribution is -2.09. The van der Waals surface area contributed by atoms with Crippen LogP contribution in [0.4, 0.5) is 0 Å². The highest BCUT2D eigenvalue weighted by atomic mass is 16.5. The third-order valence-electron chi connectivity index (χ3n) is 4.29. The van der Waals surface area contributed by atoms with E-state index < -0.39 is 11.8 Å². The standard InChI is InChI=1S/C23H21NO4/c1-2-28-22(27)15-14-21(26)23-20(25)13-12-19(24-23)18-10-8-17(9-11-18)16-6-4-3-5-7-16/h3-13,25H,2,14-15H2,1H3. The maximum absolute atomic E-state index is 12.4. The average molecular weight is 375 g/mol. The average Bonchev–Trinajstić information content (AvgIpc) is 2.73. The predicted molar refractivity (Wildman–Crippen MR) is 107 cm³/mol. The molecule has 0 radical (unpaired) electrons. The van der Waals surface area contributed by atoms with Gasteiger partial charge in [-0.25, -0.2) is 4.98 Å². The molecule has 28 heavy (non-hydrogen) atoms. The van der Waals surface area contributed by atoms with Crippen molar-refractivity contribution in [2.75, 3.05) is 6.61 Å². The van der Waals surface area contributed by atoms with Crippen LogP contribution in [-0.4, -0.2) is 28.4 Å². The summed E-state index contributed by atoms with van der Waals surface area (Å²) in [5.74, 6) is -1.03. The summed E-state index contributed by atoms with van der Waals surface area (Å²) in [6.07, 6.45) is -0.0976. The first-order valence-corrected chi connectivity index (χ1v) is 9.13. The molecule has 0 saturated carbocycles. The van der Waals surface area contributed by atoms with Crippen molar-refractivity contribution in [1.29, 1.82) is 0 Å². The molecule has 0 aliphatic rings. The van der Waals surface area contributed by atoms with Gasteiger partial charge in [-0.3, -0.25) is 9.59 Å². The monoisotopic (exact) mass is 375 g/mol. The van der Waals surface area contributed by atoms with E-state index in [1.54, 1.807) is 13.0 Å². The molecule has 5 heteroatoms. The summed E-state index contributed by atoms with van der Waals surface area (Å²) in [6.45, 7) is 1.98. The van der Waals surface area contributed by atoms with Crippen LogP contribution < -0.4 is 0 Å². The van der Waals surface area contributed by atoms with Crippen LogP contribution in [0, 0.1) is 0 Å². The third kappa shape index (κ3) is 4.62. The Morgan fingerprint density at radius 2 is 1.50 bits per heavy atom. The van der Waals surface area contributed by atoms with Crippen molar-refractivity contribution in [3.05, 3.63) is 72.4 Å². The Morgan fingerprint density at radius 3 is 2.18 bits per heavy atom. The molecular formula is C23H21NO4. The summed E-state index contributed by atoms with van der Waals surface area (Å²) in [5, 5.41) is 10.0. The number of aromatic hydroxyl groups is 1. The van der Waals surface area contributed by atoms with Gasteiger partial charge in [-0.1, -0.05) is 54.6 Å². The number of ether oxygens (including phenoxy) is 1. The second-order valence-corrected chi connectivity index (χ2v) is 6.24. The maximum atomic E-state index is 12.4. The highest BCUT2D eigenvalue weighted by Crippen LogP contribution is 2.26. The highest BCUT2D eigenvalue weighted by molar-refractivity contribution is 5.98. The van der Waals surface area contributed by atoms with Gasteiger partial charge in [0.25, 0.3) is 0 Å². The molecule has 1 heterocycles. The molecule has 1 aromatic heterocycles. The summed E-state index contributed by atoms with van der Waals surface area (Å²) in [7, 11) is 0. The third-order valence-corrected chi connectivity index (χ3v) is 4.29. The quantitative estimate of drug-likeness (QED) is 0.481. The molecule has 142 valence electrons. The van der Waals surface area contributed by atoms with Crippen LogP contribution in [0.5, 0.6) is 5.75 Å². The van der Waals surface area contributed by atoms with Crippen molar-refractivity contribution in [2.45, 2.75) is 19.8 Å². The Bertz CT molecular complexity index is 966. The largest absolute Gasteiger partial charge is 0.506 e. The minimum absolute atomic E-state index is 0.0334. The number of rotatable bonds is 7. The van der Waals surface area contributed by atoms with Crippen molar-refractivity contribution < 1.29 is 19.4 Å². The van der Waals surface area contributed by atoms with Crippen molar-refractivity contribution in [3.8, 4) is 28.1 Å². The number of hydrogen-bond donors (Lipinski definition) is 1. The SMILES string of the molecule is CCOC(=O)CCC(=O)c1nc(-c2ccc(-c3ccccc3)cc2)ccc1O. The lowest BCUT2D eigenvalue weighted by atomic mass is 10.0. The Kier molecular flexibility index (Phi) is 6.17. The Labute approximate surface area is 163 Å². The summed E-state index contributed by atoms with van der Waals surface area (Å²) in [5.41, 5.74) is 3.57. The Hall–Kier alpha value is -3.47. The fraction of sp³-hybridized carbons (Fsp3) is 0.174. The lowest BCUT2D eigenvalue weighted by molar-refractivity contribution is -0.143. The van der Waals surface area contributed by atoms with E-state index in [0.29, 0.717) is 5.69 Å². The molecule has 0 aliphatic heterocycles. The molecule has 1 N–H and O–H groups in total. The minimum atomic E-state index is -0.442. The first kappa shape index (κ1) is 19.3. The van der Waals surface area contributed by atoms with Gasteiger partial charge in [0.1, 0.15) is 11.4 Å². The number of Topliss-reactive ketones (excluding diaryl/α,β-unsaturated/α-hetero) is 1. The lowest BCUT2D eigenvalue weighted by Gasteiger charge is -2.08. The van der Waals surface area contributed by atoms with Gasteiger partial charge >= 0.3 is 5.97 Å². The summed E-state index contributed by atoms with van der Waals surface area (Å²) in [6, 6.07) is 20.9. The zero-order valence-electron chi connectivity index (χ0n) is 15.6. The van der Waals surface area contributed by atoms with Gasteiger partial charge in [0, 0.05) is 12.0 Å². The second kappa shape index (κ2) is 8.95. The number of carbonyl (C=O) groups is 2. The first-order valence-electron chi connectivity index (χ1n) is 9.13. The van der Waals surface area contributed by atoms with Crippen LogP contribution >= 0.6 is 0 Å². The van der Waals surface area contributed by atoms with Crippen LogP contribution in [-0.2, 0) is 9.53 Å². The van der Waals surface area contributed by atoms with Crippen molar-refractivity contribution in [2.24, 2.45) is 0 Å². The molecule has 3 aromatic rings. The van der Waals surface area contributed by atoms with Gasteiger partial charge in [-0.05, 0) is 30.2 Å². The van der Waals surface area contributed by atoms with Crippen LogP contribution in [0.1, 0.15) is 30.3 Å². The number of nitrogens with zero attached hydrogens (tertiary/aromatic N) is 1. The molecule has 0 amide bonds. The summed E-state index contributed by atoms with van der Waals surface area (Å²) < 4.78 is 4.83. The van der Waals surface area contributed by atoms with Crippen LogP contribution in [0.2, 0.25) is 0 Å². The molecule has 0 spiro atoms. The fourth-order valence-electron chi connectivity index (χ4n) is 2.85. The van der Waals surface area contributed by atoms with Crippen LogP contribution in [0.25, 0.3) is 22.4 Å². The molecule has 3 rings (SSSR count). The van der Waals surface area contributed by atoms with E-state index in [1.807, 2.05) is 54.6 Å². The Balaban J connectivity index is 1.79. The fourth-order valence-corrected chi connectivity index (χ4v) is 2.85. The van der Waals surface area contributed by atoms with E-state index in [1.165, 1.54) is 6.07 Å². The summed E-state index contributed by atoms with van der Waals surface area (Å²) >= 11 is 0. The number of esters is 1. The number of aromatic nitrogens is 1. The number of pyridine rings is 1. The molecule has 0 atom stereocenters. The van der Waals surface area contributed by atoms with Gasteiger partial charge in [-0.2, -0.15) is 0 Å². The molecule has 0 bridgehead atoms. The van der Waals surface area contributed by atoms with Crippen molar-refractivity contribution >= 4 is 11.8 Å². The molecule has 0 aliphatic carbocycles. The van der Waals surface area contributed by atoms with Gasteiger partial charge in [-0.15, -0.1) is 0 Å². The number of benzene rings is 2. The predicted octanol–water partition coefficient (Wildman–Crippen LogP) is 4.65. The molecule has 2 aromatic carbocycles. The second-order valence-electron chi connectivity index (χ2n) is 6.24. The number of ketones is 1. The topological polar surface area (TPSA) is 76.5 Å².